The lowest BCUT2D eigenvalue weighted by molar-refractivity contribution is -0.137. The number of halogens is 4. The fourth-order valence-electron chi connectivity index (χ4n) is 3.41. The van der Waals surface area contributed by atoms with E-state index in [1.807, 2.05) is 13.8 Å². The molecule has 146 valence electrons. The molecule has 0 N–H and O–H groups in total. The smallest absolute Gasteiger partial charge is 0.416 e. The molecule has 0 saturated heterocycles. The monoisotopic (exact) mass is 452 g/mol. The predicted molar refractivity (Wildman–Crippen MR) is 104 cm³/mol. The highest BCUT2D eigenvalue weighted by molar-refractivity contribution is 9.10. The Balaban J connectivity index is 1.85. The van der Waals surface area contributed by atoms with E-state index in [9.17, 15) is 18.0 Å². The van der Waals surface area contributed by atoms with Crippen LogP contribution in [0, 0.1) is 0 Å². The fourth-order valence-corrected chi connectivity index (χ4v) is 3.98. The summed E-state index contributed by atoms with van der Waals surface area (Å²) in [6.07, 6.45) is -2.96. The van der Waals surface area contributed by atoms with Crippen LogP contribution in [-0.4, -0.2) is 5.60 Å². The van der Waals surface area contributed by atoms with Gasteiger partial charge in [-0.1, -0.05) is 12.1 Å². The van der Waals surface area contributed by atoms with Crippen molar-refractivity contribution in [3.63, 3.8) is 0 Å². The lowest BCUT2D eigenvalue weighted by atomic mass is 9.93. The van der Waals surface area contributed by atoms with Gasteiger partial charge in [0.15, 0.2) is 0 Å². The number of fused-ring (bicyclic) bond motifs is 3. The Hall–Kier alpha value is -2.28. The second-order valence-electron chi connectivity index (χ2n) is 7.47. The Morgan fingerprint density at radius 2 is 1.79 bits per heavy atom. The second-order valence-corrected chi connectivity index (χ2v) is 8.32. The van der Waals surface area contributed by atoms with Gasteiger partial charge in [-0.15, -0.1) is 0 Å². The van der Waals surface area contributed by atoms with Crippen LogP contribution in [0.1, 0.15) is 31.4 Å². The van der Waals surface area contributed by atoms with Crippen LogP contribution in [0.2, 0.25) is 0 Å². The maximum Gasteiger partial charge on any atom is 0.416 e. The Morgan fingerprint density at radius 1 is 1.11 bits per heavy atom. The van der Waals surface area contributed by atoms with Crippen LogP contribution in [0.3, 0.4) is 0 Å². The maximum absolute atomic E-state index is 12.8. The van der Waals surface area contributed by atoms with Gasteiger partial charge in [0.2, 0.25) is 0 Å². The number of ether oxygens (including phenoxy) is 1. The van der Waals surface area contributed by atoms with E-state index >= 15 is 0 Å². The predicted octanol–water partition coefficient (Wildman–Crippen LogP) is 6.34. The largest absolute Gasteiger partial charge is 0.486 e. The highest BCUT2D eigenvalue weighted by atomic mass is 79.9. The summed E-state index contributed by atoms with van der Waals surface area (Å²) in [6, 6.07) is 7.91. The molecule has 2 aromatic carbocycles. The Kier molecular flexibility index (Phi) is 4.34. The van der Waals surface area contributed by atoms with Crippen molar-refractivity contribution in [3.8, 4) is 16.9 Å². The van der Waals surface area contributed by atoms with E-state index in [2.05, 4.69) is 15.9 Å². The van der Waals surface area contributed by atoms with Gasteiger partial charge in [0.1, 0.15) is 16.9 Å². The first-order valence-corrected chi connectivity index (χ1v) is 9.50. The van der Waals surface area contributed by atoms with Gasteiger partial charge < -0.3 is 9.15 Å². The summed E-state index contributed by atoms with van der Waals surface area (Å²) in [4.78, 5) is 12.6. The SMILES string of the molecule is CC1(C)CCc2c(c(Br)cc3cc(-c4ccc(C(F)(F)F)cc4)c(=O)oc23)O1. The van der Waals surface area contributed by atoms with Crippen molar-refractivity contribution in [1.29, 1.82) is 0 Å². The number of rotatable bonds is 1. The van der Waals surface area contributed by atoms with E-state index in [-0.39, 0.29) is 11.2 Å². The lowest BCUT2D eigenvalue weighted by Gasteiger charge is -2.33. The minimum Gasteiger partial charge on any atom is -0.486 e. The molecule has 0 fully saturated rings. The average molecular weight is 453 g/mol. The number of hydrogen-bond acceptors (Lipinski definition) is 3. The molecular formula is C21H16BrF3O3. The molecule has 0 aliphatic carbocycles. The number of aryl methyl sites for hydroxylation is 1. The number of alkyl halides is 3. The summed E-state index contributed by atoms with van der Waals surface area (Å²) >= 11 is 3.52. The molecule has 7 heteroatoms. The van der Waals surface area contributed by atoms with Crippen LogP contribution < -0.4 is 10.4 Å². The van der Waals surface area contributed by atoms with Gasteiger partial charge in [0.25, 0.3) is 0 Å². The third-order valence-electron chi connectivity index (χ3n) is 4.90. The highest BCUT2D eigenvalue weighted by Gasteiger charge is 2.31. The van der Waals surface area contributed by atoms with Gasteiger partial charge in [-0.3, -0.25) is 0 Å². The molecule has 3 nitrogen and oxygen atoms in total. The quantitative estimate of drug-likeness (QED) is 0.404. The van der Waals surface area contributed by atoms with Crippen molar-refractivity contribution in [2.45, 2.75) is 38.5 Å². The van der Waals surface area contributed by atoms with Gasteiger partial charge >= 0.3 is 11.8 Å². The van der Waals surface area contributed by atoms with E-state index < -0.39 is 17.4 Å². The van der Waals surface area contributed by atoms with E-state index in [1.165, 1.54) is 12.1 Å². The van der Waals surface area contributed by atoms with Crippen molar-refractivity contribution in [2.24, 2.45) is 0 Å². The fraction of sp³-hybridized carbons (Fsp3) is 0.286. The van der Waals surface area contributed by atoms with E-state index in [1.54, 1.807) is 12.1 Å². The lowest BCUT2D eigenvalue weighted by Crippen LogP contribution is -2.32. The van der Waals surface area contributed by atoms with Crippen molar-refractivity contribution >= 4 is 26.9 Å². The van der Waals surface area contributed by atoms with E-state index in [0.29, 0.717) is 28.7 Å². The molecule has 0 saturated carbocycles. The van der Waals surface area contributed by atoms with Gasteiger partial charge in [0.05, 0.1) is 15.6 Å². The normalized spacial score (nSPS) is 15.9. The van der Waals surface area contributed by atoms with Gasteiger partial charge in [-0.05, 0) is 72.4 Å². The third kappa shape index (κ3) is 3.32. The van der Waals surface area contributed by atoms with Crippen LogP contribution >= 0.6 is 15.9 Å². The molecule has 0 bridgehead atoms. The summed E-state index contributed by atoms with van der Waals surface area (Å²) in [7, 11) is 0. The Bertz CT molecular complexity index is 1130. The molecule has 3 aromatic rings. The zero-order chi connectivity index (χ0) is 20.3. The first kappa shape index (κ1) is 19.1. The van der Waals surface area contributed by atoms with Gasteiger partial charge in [-0.2, -0.15) is 13.2 Å². The van der Waals surface area contributed by atoms with Crippen molar-refractivity contribution < 1.29 is 22.3 Å². The molecule has 1 aromatic heterocycles. The summed E-state index contributed by atoms with van der Waals surface area (Å²) in [5.41, 5.74) is 0.178. The molecule has 0 atom stereocenters. The topological polar surface area (TPSA) is 39.4 Å². The van der Waals surface area contributed by atoms with Crippen molar-refractivity contribution in [1.82, 2.24) is 0 Å². The van der Waals surface area contributed by atoms with Gasteiger partial charge in [0, 0.05) is 10.9 Å². The average Bonchev–Trinajstić information content (AvgIpc) is 2.61. The van der Waals surface area contributed by atoms with Gasteiger partial charge in [-0.25, -0.2) is 4.79 Å². The molecular weight excluding hydrogens is 437 g/mol. The van der Waals surface area contributed by atoms with E-state index in [0.717, 1.165) is 28.6 Å². The second kappa shape index (κ2) is 6.37. The van der Waals surface area contributed by atoms with Crippen LogP contribution in [0.15, 0.2) is 50.1 Å². The molecule has 0 spiro atoms. The molecule has 2 heterocycles. The van der Waals surface area contributed by atoms with Crippen LogP contribution in [0.25, 0.3) is 22.1 Å². The first-order valence-electron chi connectivity index (χ1n) is 8.71. The number of benzene rings is 2. The summed E-state index contributed by atoms with van der Waals surface area (Å²) in [5, 5.41) is 0.684. The van der Waals surface area contributed by atoms with Crippen molar-refractivity contribution in [2.75, 3.05) is 0 Å². The maximum atomic E-state index is 12.8. The molecule has 0 radical (unpaired) electrons. The Labute approximate surface area is 167 Å². The number of hydrogen-bond donors (Lipinski definition) is 0. The third-order valence-corrected chi connectivity index (χ3v) is 5.49. The van der Waals surface area contributed by atoms with Crippen molar-refractivity contribution in [3.05, 3.63) is 62.4 Å². The molecule has 1 aliphatic heterocycles. The molecule has 0 unspecified atom stereocenters. The van der Waals surface area contributed by atoms with E-state index in [4.69, 9.17) is 9.15 Å². The Morgan fingerprint density at radius 3 is 2.43 bits per heavy atom. The summed E-state index contributed by atoms with van der Waals surface area (Å²) in [6.45, 7) is 3.99. The minimum atomic E-state index is -4.43. The molecule has 0 amide bonds. The standard InChI is InChI=1S/C21H16BrF3O3/c1-20(2)8-7-14-17-12(10-16(22)18(14)28-20)9-15(19(26)27-17)11-3-5-13(6-4-11)21(23,24)25/h3-6,9-10H,7-8H2,1-2H3. The molecule has 28 heavy (non-hydrogen) atoms. The highest BCUT2D eigenvalue weighted by Crippen LogP contribution is 2.43. The van der Waals surface area contributed by atoms with Crippen LogP contribution in [0.5, 0.6) is 5.75 Å². The minimum absolute atomic E-state index is 0.213. The molecule has 1 aliphatic rings. The zero-order valence-electron chi connectivity index (χ0n) is 15.1. The first-order chi connectivity index (χ1) is 13.0. The summed E-state index contributed by atoms with van der Waals surface area (Å²) < 4.78 is 50.7. The van der Waals surface area contributed by atoms with Crippen LogP contribution in [-0.2, 0) is 12.6 Å². The summed E-state index contributed by atoms with van der Waals surface area (Å²) in [5.74, 6) is 0.661. The van der Waals surface area contributed by atoms with Crippen LogP contribution in [0.4, 0.5) is 13.2 Å². The molecule has 4 rings (SSSR count). The zero-order valence-corrected chi connectivity index (χ0v) is 16.7.